The summed E-state index contributed by atoms with van der Waals surface area (Å²) >= 11 is 0. The van der Waals surface area contributed by atoms with Gasteiger partial charge < -0.3 is 10.6 Å². The molecule has 0 aliphatic carbocycles. The molecule has 0 saturated carbocycles. The zero-order valence-electron chi connectivity index (χ0n) is 10.8. The third-order valence-electron chi connectivity index (χ3n) is 3.68. The molecule has 0 unspecified atom stereocenters. The zero-order valence-corrected chi connectivity index (χ0v) is 10.8. The third kappa shape index (κ3) is 1.97. The largest absolute Gasteiger partial charge is 0.383 e. The van der Waals surface area contributed by atoms with Crippen LogP contribution in [-0.4, -0.2) is 18.1 Å². The highest BCUT2D eigenvalue weighted by molar-refractivity contribution is 5.97. The number of hydrogen-bond donors (Lipinski definition) is 1. The van der Waals surface area contributed by atoms with Gasteiger partial charge in [-0.1, -0.05) is 18.2 Å². The summed E-state index contributed by atoms with van der Waals surface area (Å²) in [5.74, 6) is 0.335. The monoisotopic (exact) mass is 252 g/mol. The van der Waals surface area contributed by atoms with Gasteiger partial charge >= 0.3 is 0 Å². The first-order valence-electron chi connectivity index (χ1n) is 6.64. The lowest BCUT2D eigenvalue weighted by atomic mass is 10.0. The minimum Gasteiger partial charge on any atom is -0.383 e. The molecule has 2 aromatic rings. The minimum atomic E-state index is 0.335. The molecule has 4 heteroatoms. The molecule has 0 radical (unpaired) electrons. The molecule has 1 aliphatic rings. The number of fused-ring (bicyclic) bond motifs is 1. The van der Waals surface area contributed by atoms with Gasteiger partial charge in [0.05, 0.1) is 11.2 Å². The molecule has 2 heterocycles. The predicted octanol–water partition coefficient (Wildman–Crippen LogP) is 2.68. The van der Waals surface area contributed by atoms with Crippen LogP contribution in [0.1, 0.15) is 24.8 Å². The van der Waals surface area contributed by atoms with Crippen LogP contribution in [0.15, 0.2) is 24.3 Å². The van der Waals surface area contributed by atoms with Gasteiger partial charge in [-0.15, -0.1) is 0 Å². The number of aromatic nitrogens is 1. The van der Waals surface area contributed by atoms with Crippen LogP contribution in [-0.2, 0) is 0 Å². The maximum absolute atomic E-state index is 9.39. The second kappa shape index (κ2) is 4.77. The Morgan fingerprint density at radius 2 is 1.89 bits per heavy atom. The van der Waals surface area contributed by atoms with Gasteiger partial charge in [0.25, 0.3) is 0 Å². The molecular formula is C15H16N4. The first kappa shape index (κ1) is 11.8. The van der Waals surface area contributed by atoms with E-state index in [-0.39, 0.29) is 0 Å². The van der Waals surface area contributed by atoms with E-state index in [1.165, 1.54) is 19.3 Å². The van der Waals surface area contributed by atoms with Crippen LogP contribution < -0.4 is 10.6 Å². The van der Waals surface area contributed by atoms with Gasteiger partial charge in [-0.05, 0) is 25.3 Å². The Bertz CT molecular complexity index is 651. The lowest BCUT2D eigenvalue weighted by molar-refractivity contribution is 0.578. The summed E-state index contributed by atoms with van der Waals surface area (Å²) in [5, 5.41) is 10.4. The molecule has 4 nitrogen and oxygen atoms in total. The normalized spacial score (nSPS) is 15.4. The van der Waals surface area contributed by atoms with Crippen LogP contribution in [0.25, 0.3) is 10.9 Å². The van der Waals surface area contributed by atoms with E-state index in [4.69, 9.17) is 5.73 Å². The molecule has 0 spiro atoms. The van der Waals surface area contributed by atoms with Crippen LogP contribution >= 0.6 is 0 Å². The molecule has 1 aliphatic heterocycles. The van der Waals surface area contributed by atoms with Crippen LogP contribution in [0, 0.1) is 11.3 Å². The quantitative estimate of drug-likeness (QED) is 0.847. The Morgan fingerprint density at radius 1 is 1.16 bits per heavy atom. The van der Waals surface area contributed by atoms with Crippen LogP contribution in [0.3, 0.4) is 0 Å². The second-order valence-corrected chi connectivity index (χ2v) is 4.90. The number of piperidine rings is 1. The second-order valence-electron chi connectivity index (χ2n) is 4.90. The van der Waals surface area contributed by atoms with Gasteiger partial charge in [-0.3, -0.25) is 0 Å². The Labute approximate surface area is 112 Å². The Balaban J connectivity index is 2.26. The van der Waals surface area contributed by atoms with Gasteiger partial charge in [-0.25, -0.2) is 4.98 Å². The summed E-state index contributed by atoms with van der Waals surface area (Å²) in [4.78, 5) is 6.61. The number of nitrogens with zero attached hydrogens (tertiary/aromatic N) is 3. The number of nitrogens with two attached hydrogens (primary N) is 1. The average molecular weight is 252 g/mol. The summed E-state index contributed by atoms with van der Waals surface area (Å²) in [7, 11) is 0. The summed E-state index contributed by atoms with van der Waals surface area (Å²) in [6.07, 6.45) is 3.60. The summed E-state index contributed by atoms with van der Waals surface area (Å²) in [6, 6.07) is 10.1. The van der Waals surface area contributed by atoms with Crippen molar-refractivity contribution in [1.82, 2.24) is 4.98 Å². The molecular weight excluding hydrogens is 236 g/mol. The smallest absolute Gasteiger partial charge is 0.144 e. The van der Waals surface area contributed by atoms with Crippen molar-refractivity contribution in [1.29, 1.82) is 5.26 Å². The number of benzene rings is 1. The van der Waals surface area contributed by atoms with E-state index in [0.29, 0.717) is 11.4 Å². The van der Waals surface area contributed by atoms with E-state index >= 15 is 0 Å². The van der Waals surface area contributed by atoms with Gasteiger partial charge in [0.15, 0.2) is 0 Å². The van der Waals surface area contributed by atoms with Crippen LogP contribution in [0.5, 0.6) is 0 Å². The summed E-state index contributed by atoms with van der Waals surface area (Å²) in [6.45, 7) is 1.98. The number of anilines is 2. The molecule has 1 aromatic heterocycles. The van der Waals surface area contributed by atoms with Crippen molar-refractivity contribution >= 4 is 22.4 Å². The van der Waals surface area contributed by atoms with Crippen molar-refractivity contribution in [3.63, 3.8) is 0 Å². The number of nitrogen functional groups attached to an aromatic ring is 1. The maximum Gasteiger partial charge on any atom is 0.144 e. The van der Waals surface area contributed by atoms with Crippen LogP contribution in [0.4, 0.5) is 11.5 Å². The number of hydrogen-bond acceptors (Lipinski definition) is 4. The molecule has 0 atom stereocenters. The molecule has 0 bridgehead atoms. The Morgan fingerprint density at radius 3 is 2.63 bits per heavy atom. The number of rotatable bonds is 1. The summed E-state index contributed by atoms with van der Waals surface area (Å²) < 4.78 is 0. The molecule has 2 N–H and O–H groups in total. The molecule has 96 valence electrons. The molecule has 1 saturated heterocycles. The van der Waals surface area contributed by atoms with E-state index in [1.54, 1.807) is 0 Å². The van der Waals surface area contributed by atoms with Crippen molar-refractivity contribution in [2.75, 3.05) is 23.7 Å². The molecule has 19 heavy (non-hydrogen) atoms. The van der Waals surface area contributed by atoms with Gasteiger partial charge in [0.1, 0.15) is 17.5 Å². The Hall–Kier alpha value is -2.28. The highest BCUT2D eigenvalue weighted by Crippen LogP contribution is 2.34. The molecule has 3 rings (SSSR count). The average Bonchev–Trinajstić information content (AvgIpc) is 2.46. The SMILES string of the molecule is N#Cc1c(N)nc2ccccc2c1N1CCCCC1. The first-order valence-corrected chi connectivity index (χ1v) is 6.64. The minimum absolute atomic E-state index is 0.335. The fourth-order valence-corrected chi connectivity index (χ4v) is 2.77. The zero-order chi connectivity index (χ0) is 13.2. The van der Waals surface area contributed by atoms with Crippen molar-refractivity contribution in [3.8, 4) is 6.07 Å². The van der Waals surface area contributed by atoms with E-state index in [2.05, 4.69) is 16.0 Å². The van der Waals surface area contributed by atoms with Crippen molar-refractivity contribution in [2.45, 2.75) is 19.3 Å². The molecule has 0 amide bonds. The van der Waals surface area contributed by atoms with Gasteiger partial charge in [-0.2, -0.15) is 5.26 Å². The first-order chi connectivity index (χ1) is 9.31. The van der Waals surface area contributed by atoms with Gasteiger partial charge in [0, 0.05) is 18.5 Å². The number of pyridine rings is 1. The Kier molecular flexibility index (Phi) is 2.96. The molecule has 1 fully saturated rings. The van der Waals surface area contributed by atoms with E-state index in [1.807, 2.05) is 24.3 Å². The third-order valence-corrected chi connectivity index (χ3v) is 3.68. The highest BCUT2D eigenvalue weighted by atomic mass is 15.1. The highest BCUT2D eigenvalue weighted by Gasteiger charge is 2.20. The fourth-order valence-electron chi connectivity index (χ4n) is 2.77. The number of para-hydroxylation sites is 1. The van der Waals surface area contributed by atoms with E-state index in [9.17, 15) is 5.26 Å². The van der Waals surface area contributed by atoms with Crippen molar-refractivity contribution in [2.24, 2.45) is 0 Å². The lowest BCUT2D eigenvalue weighted by Crippen LogP contribution is -2.30. The predicted molar refractivity (Wildman–Crippen MR) is 76.9 cm³/mol. The van der Waals surface area contributed by atoms with Gasteiger partial charge in [0.2, 0.25) is 0 Å². The summed E-state index contributed by atoms with van der Waals surface area (Å²) in [5.41, 5.74) is 8.28. The van der Waals surface area contributed by atoms with Crippen molar-refractivity contribution < 1.29 is 0 Å². The fraction of sp³-hybridized carbons (Fsp3) is 0.333. The van der Waals surface area contributed by atoms with Crippen molar-refractivity contribution in [3.05, 3.63) is 29.8 Å². The standard InChI is InChI=1S/C15H16N4/c16-10-12-14(19-8-4-1-5-9-19)11-6-2-3-7-13(11)18-15(12)17/h2-3,6-7H,1,4-5,8-9H2,(H2,17,18). The molecule has 1 aromatic carbocycles. The maximum atomic E-state index is 9.39. The number of nitriles is 1. The lowest BCUT2D eigenvalue weighted by Gasteiger charge is -2.30. The van der Waals surface area contributed by atoms with E-state index < -0.39 is 0 Å². The van der Waals surface area contributed by atoms with Crippen LogP contribution in [0.2, 0.25) is 0 Å². The van der Waals surface area contributed by atoms with E-state index in [0.717, 1.165) is 29.7 Å². The topological polar surface area (TPSA) is 65.9 Å².